The van der Waals surface area contributed by atoms with Crippen LogP contribution in [0.15, 0.2) is 12.1 Å². The summed E-state index contributed by atoms with van der Waals surface area (Å²) in [6, 6.07) is 2.30. The molecule has 20 heavy (non-hydrogen) atoms. The molecule has 1 aromatic carbocycles. The summed E-state index contributed by atoms with van der Waals surface area (Å²) in [7, 11) is 0. The van der Waals surface area contributed by atoms with E-state index in [1.165, 1.54) is 18.9 Å². The fourth-order valence-electron chi connectivity index (χ4n) is 2.49. The van der Waals surface area contributed by atoms with Crippen LogP contribution in [-0.4, -0.2) is 41.7 Å². The van der Waals surface area contributed by atoms with Crippen LogP contribution in [0.1, 0.15) is 30.1 Å². The Balaban J connectivity index is 2.05. The average Bonchev–Trinajstić information content (AvgIpc) is 2.87. The summed E-state index contributed by atoms with van der Waals surface area (Å²) >= 11 is 0. The Labute approximate surface area is 116 Å². The normalized spacial score (nSPS) is 17.1. The minimum atomic E-state index is -1.47. The summed E-state index contributed by atoms with van der Waals surface area (Å²) in [5.74, 6) is -3.94. The highest BCUT2D eigenvalue weighted by atomic mass is 19.2. The Morgan fingerprint density at radius 3 is 2.60 bits per heavy atom. The van der Waals surface area contributed by atoms with E-state index >= 15 is 0 Å². The van der Waals surface area contributed by atoms with Gasteiger partial charge < -0.3 is 15.3 Å². The standard InChI is InChI=1S/C14H18F2N2O2/c1-9(8-18-6-2-3-7-18)17-11-5-4-10(14(19)20)12(15)13(11)16/h4-5,9,17H,2-3,6-8H2,1H3,(H,19,20). The predicted octanol–water partition coefficient (Wildman–Crippen LogP) is 2.56. The molecule has 1 unspecified atom stereocenters. The van der Waals surface area contributed by atoms with E-state index < -0.39 is 23.2 Å². The quantitative estimate of drug-likeness (QED) is 0.872. The van der Waals surface area contributed by atoms with Crippen LogP contribution in [0, 0.1) is 11.6 Å². The molecule has 1 aliphatic heterocycles. The monoisotopic (exact) mass is 284 g/mol. The summed E-state index contributed by atoms with van der Waals surface area (Å²) in [4.78, 5) is 13.0. The predicted molar refractivity (Wildman–Crippen MR) is 72.1 cm³/mol. The Hall–Kier alpha value is -1.69. The fraction of sp³-hybridized carbons (Fsp3) is 0.500. The Morgan fingerprint density at radius 2 is 2.00 bits per heavy atom. The topological polar surface area (TPSA) is 52.6 Å². The van der Waals surface area contributed by atoms with Gasteiger partial charge in [-0.25, -0.2) is 13.6 Å². The second kappa shape index (κ2) is 6.17. The minimum absolute atomic E-state index is 0.000744. The van der Waals surface area contributed by atoms with Crippen molar-refractivity contribution in [2.45, 2.75) is 25.8 Å². The van der Waals surface area contributed by atoms with Gasteiger partial charge in [-0.15, -0.1) is 0 Å². The van der Waals surface area contributed by atoms with E-state index in [0.29, 0.717) is 0 Å². The summed E-state index contributed by atoms with van der Waals surface area (Å²) < 4.78 is 27.3. The van der Waals surface area contributed by atoms with Crippen molar-refractivity contribution >= 4 is 11.7 Å². The van der Waals surface area contributed by atoms with Crippen LogP contribution in [0.4, 0.5) is 14.5 Å². The molecule has 2 N–H and O–H groups in total. The van der Waals surface area contributed by atoms with Crippen molar-refractivity contribution in [3.8, 4) is 0 Å². The number of anilines is 1. The molecule has 1 aliphatic rings. The second-order valence-electron chi connectivity index (χ2n) is 5.15. The lowest BCUT2D eigenvalue weighted by molar-refractivity contribution is 0.0690. The zero-order valence-electron chi connectivity index (χ0n) is 11.3. The number of nitrogens with zero attached hydrogens (tertiary/aromatic N) is 1. The molecule has 0 radical (unpaired) electrons. The molecule has 0 aliphatic carbocycles. The number of nitrogens with one attached hydrogen (secondary N) is 1. The molecule has 0 bridgehead atoms. The molecule has 1 saturated heterocycles. The van der Waals surface area contributed by atoms with Crippen molar-refractivity contribution in [2.24, 2.45) is 0 Å². The van der Waals surface area contributed by atoms with Gasteiger partial charge in [0.05, 0.1) is 11.3 Å². The maximum Gasteiger partial charge on any atom is 0.338 e. The molecule has 0 aromatic heterocycles. The first-order valence-corrected chi connectivity index (χ1v) is 6.69. The van der Waals surface area contributed by atoms with Crippen LogP contribution in [0.5, 0.6) is 0 Å². The van der Waals surface area contributed by atoms with E-state index in [0.717, 1.165) is 25.7 Å². The first-order valence-electron chi connectivity index (χ1n) is 6.69. The third-order valence-electron chi connectivity index (χ3n) is 3.45. The molecule has 110 valence electrons. The lowest BCUT2D eigenvalue weighted by Gasteiger charge is -2.22. The molecule has 6 heteroatoms. The van der Waals surface area contributed by atoms with E-state index in [1.807, 2.05) is 6.92 Å². The Bertz CT molecular complexity index is 502. The summed E-state index contributed by atoms with van der Waals surface area (Å²) in [5, 5.41) is 11.6. The number of benzene rings is 1. The van der Waals surface area contributed by atoms with Gasteiger partial charge in [-0.2, -0.15) is 0 Å². The van der Waals surface area contributed by atoms with Crippen molar-refractivity contribution in [1.82, 2.24) is 4.90 Å². The van der Waals surface area contributed by atoms with Gasteiger partial charge >= 0.3 is 5.97 Å². The van der Waals surface area contributed by atoms with Gasteiger partial charge in [-0.05, 0) is 45.0 Å². The van der Waals surface area contributed by atoms with Crippen LogP contribution in [-0.2, 0) is 0 Å². The van der Waals surface area contributed by atoms with Crippen LogP contribution < -0.4 is 5.32 Å². The van der Waals surface area contributed by atoms with Gasteiger partial charge in [-0.3, -0.25) is 0 Å². The molecule has 1 aromatic rings. The molecule has 4 nitrogen and oxygen atoms in total. The van der Waals surface area contributed by atoms with E-state index in [9.17, 15) is 13.6 Å². The highest BCUT2D eigenvalue weighted by molar-refractivity contribution is 5.88. The third-order valence-corrected chi connectivity index (χ3v) is 3.45. The number of likely N-dealkylation sites (tertiary alicyclic amines) is 1. The lowest BCUT2D eigenvalue weighted by Crippen LogP contribution is -2.33. The van der Waals surface area contributed by atoms with E-state index in [1.54, 1.807) is 0 Å². The van der Waals surface area contributed by atoms with Crippen LogP contribution >= 0.6 is 0 Å². The van der Waals surface area contributed by atoms with Crippen molar-refractivity contribution in [1.29, 1.82) is 0 Å². The molecule has 1 fully saturated rings. The molecule has 0 spiro atoms. The van der Waals surface area contributed by atoms with Crippen molar-refractivity contribution < 1.29 is 18.7 Å². The number of hydrogen-bond acceptors (Lipinski definition) is 3. The molecule has 1 atom stereocenters. The maximum absolute atomic E-state index is 13.8. The minimum Gasteiger partial charge on any atom is -0.478 e. The summed E-state index contributed by atoms with van der Waals surface area (Å²) in [5.41, 5.74) is -0.653. The number of carboxylic acids is 1. The Morgan fingerprint density at radius 1 is 1.35 bits per heavy atom. The molecule has 1 heterocycles. The van der Waals surface area contributed by atoms with Gasteiger partial charge in [0.15, 0.2) is 11.6 Å². The lowest BCUT2D eigenvalue weighted by atomic mass is 10.1. The molecule has 0 saturated carbocycles. The fourth-order valence-corrected chi connectivity index (χ4v) is 2.49. The zero-order valence-corrected chi connectivity index (χ0v) is 11.3. The Kier molecular flexibility index (Phi) is 4.54. The number of carboxylic acid groups (broad SMARTS) is 1. The number of halogens is 2. The molecular weight excluding hydrogens is 266 g/mol. The van der Waals surface area contributed by atoms with Gasteiger partial charge in [0.25, 0.3) is 0 Å². The number of carbonyl (C=O) groups is 1. The van der Waals surface area contributed by atoms with Gasteiger partial charge in [0.2, 0.25) is 0 Å². The highest BCUT2D eigenvalue weighted by Crippen LogP contribution is 2.21. The summed E-state index contributed by atoms with van der Waals surface area (Å²) in [6.45, 7) is 4.70. The molecular formula is C14H18F2N2O2. The number of hydrogen-bond donors (Lipinski definition) is 2. The molecule has 0 amide bonds. The summed E-state index contributed by atoms with van der Waals surface area (Å²) in [6.07, 6.45) is 2.34. The van der Waals surface area contributed by atoms with Crippen molar-refractivity contribution in [3.05, 3.63) is 29.3 Å². The van der Waals surface area contributed by atoms with Gasteiger partial charge in [0.1, 0.15) is 0 Å². The first kappa shape index (κ1) is 14.7. The van der Waals surface area contributed by atoms with Crippen LogP contribution in [0.25, 0.3) is 0 Å². The van der Waals surface area contributed by atoms with E-state index in [-0.39, 0.29) is 11.7 Å². The van der Waals surface area contributed by atoms with Crippen molar-refractivity contribution in [3.63, 3.8) is 0 Å². The SMILES string of the molecule is CC(CN1CCCC1)Nc1ccc(C(=O)O)c(F)c1F. The van der Waals surface area contributed by atoms with Crippen LogP contribution in [0.2, 0.25) is 0 Å². The number of aromatic carboxylic acids is 1. The second-order valence-corrected chi connectivity index (χ2v) is 5.15. The average molecular weight is 284 g/mol. The van der Waals surface area contributed by atoms with E-state index in [2.05, 4.69) is 10.2 Å². The van der Waals surface area contributed by atoms with Gasteiger partial charge in [-0.1, -0.05) is 0 Å². The maximum atomic E-state index is 13.8. The zero-order chi connectivity index (χ0) is 14.7. The van der Waals surface area contributed by atoms with E-state index in [4.69, 9.17) is 5.11 Å². The van der Waals surface area contributed by atoms with Crippen molar-refractivity contribution in [2.75, 3.05) is 25.0 Å². The van der Waals surface area contributed by atoms with Gasteiger partial charge in [0, 0.05) is 12.6 Å². The largest absolute Gasteiger partial charge is 0.478 e. The van der Waals surface area contributed by atoms with Crippen LogP contribution in [0.3, 0.4) is 0 Å². The molecule has 2 rings (SSSR count). The highest BCUT2D eigenvalue weighted by Gasteiger charge is 2.20. The first-order chi connectivity index (χ1) is 9.49. The number of rotatable bonds is 5. The third kappa shape index (κ3) is 3.25. The smallest absolute Gasteiger partial charge is 0.338 e.